The predicted octanol–water partition coefficient (Wildman–Crippen LogP) is 2.42. The second-order valence-electron chi connectivity index (χ2n) is 7.88. The number of aromatic hydroxyl groups is 1. The molecule has 2 amide bonds. The van der Waals surface area contributed by atoms with Crippen LogP contribution in [-0.2, 0) is 6.54 Å². The minimum Gasteiger partial charge on any atom is -0.503 e. The van der Waals surface area contributed by atoms with Crippen LogP contribution in [0.1, 0.15) is 51.4 Å². The summed E-state index contributed by atoms with van der Waals surface area (Å²) < 4.78 is 29.5. The van der Waals surface area contributed by atoms with Crippen LogP contribution in [0.2, 0.25) is 0 Å². The summed E-state index contributed by atoms with van der Waals surface area (Å²) in [6.07, 6.45) is 5.57. The molecule has 162 valence electrons. The maximum absolute atomic E-state index is 14.0. The molecule has 3 heterocycles. The Bertz CT molecular complexity index is 1170. The molecule has 0 saturated heterocycles. The topological polar surface area (TPSA) is 91.6 Å². The molecule has 2 aliphatic rings. The van der Waals surface area contributed by atoms with Crippen molar-refractivity contribution in [3.63, 3.8) is 0 Å². The first-order chi connectivity index (χ1) is 14.7. The number of carbonyl (C=O) groups excluding carboxylic acids is 2. The van der Waals surface area contributed by atoms with Crippen molar-refractivity contribution in [2.24, 2.45) is 0 Å². The van der Waals surface area contributed by atoms with Crippen molar-refractivity contribution >= 4 is 11.8 Å². The van der Waals surface area contributed by atoms with E-state index in [4.69, 9.17) is 0 Å². The third-order valence-corrected chi connectivity index (χ3v) is 5.74. The number of aromatic nitrogens is 1. The Kier molecular flexibility index (Phi) is 5.12. The zero-order chi connectivity index (χ0) is 22.4. The molecule has 2 atom stereocenters. The van der Waals surface area contributed by atoms with Gasteiger partial charge >= 0.3 is 0 Å². The van der Waals surface area contributed by atoms with Crippen molar-refractivity contribution in [3.8, 4) is 5.75 Å². The molecule has 1 aromatic carbocycles. The molecule has 31 heavy (non-hydrogen) atoms. The van der Waals surface area contributed by atoms with E-state index in [1.54, 1.807) is 4.90 Å². The molecule has 2 unspecified atom stereocenters. The number of pyridine rings is 1. The highest BCUT2D eigenvalue weighted by Crippen LogP contribution is 2.31. The van der Waals surface area contributed by atoms with Gasteiger partial charge in [-0.2, -0.15) is 0 Å². The molecular formula is C22H21F2N3O4. The first kappa shape index (κ1) is 20.8. The van der Waals surface area contributed by atoms with Crippen molar-refractivity contribution < 1.29 is 23.5 Å². The predicted molar refractivity (Wildman–Crippen MR) is 108 cm³/mol. The molecule has 2 N–H and O–H groups in total. The Morgan fingerprint density at radius 3 is 2.61 bits per heavy atom. The highest BCUT2D eigenvalue weighted by molar-refractivity contribution is 5.99. The molecule has 2 aromatic rings. The Morgan fingerprint density at radius 1 is 1.26 bits per heavy atom. The highest BCUT2D eigenvalue weighted by atomic mass is 19.1. The molecule has 0 spiro atoms. The monoisotopic (exact) mass is 429 g/mol. The number of amides is 2. The summed E-state index contributed by atoms with van der Waals surface area (Å²) in [5.41, 5.74) is -1.52. The molecule has 2 aliphatic heterocycles. The standard InChI is InChI=1S/C22H21F2N3O4/c1-11-6-16(23)14(17(24)7-11)8-25-21(30)15-10-27-13-5-3-4-12(2)26(9-13)22(31)18(27)20(29)19(15)28/h3-4,6-7,10,12-13,29H,5,8-9H2,1-2H3,(H,25,30). The summed E-state index contributed by atoms with van der Waals surface area (Å²) in [4.78, 5) is 39.7. The number of carbonyl (C=O) groups is 2. The van der Waals surface area contributed by atoms with Crippen molar-refractivity contribution in [2.75, 3.05) is 6.54 Å². The summed E-state index contributed by atoms with van der Waals surface area (Å²) in [6.45, 7) is 3.27. The van der Waals surface area contributed by atoms with Gasteiger partial charge in [-0.25, -0.2) is 8.78 Å². The van der Waals surface area contributed by atoms with Gasteiger partial charge in [-0.3, -0.25) is 14.4 Å². The van der Waals surface area contributed by atoms with Gasteiger partial charge in [0.1, 0.15) is 17.2 Å². The van der Waals surface area contributed by atoms with Gasteiger partial charge in [-0.15, -0.1) is 0 Å². The molecule has 0 fully saturated rings. The Balaban J connectivity index is 1.68. The first-order valence-electron chi connectivity index (χ1n) is 9.87. The normalized spacial score (nSPS) is 19.7. The van der Waals surface area contributed by atoms with Gasteiger partial charge in [0.15, 0.2) is 11.4 Å². The van der Waals surface area contributed by atoms with Crippen molar-refractivity contribution in [1.82, 2.24) is 14.8 Å². The Labute approximate surface area is 176 Å². The van der Waals surface area contributed by atoms with Gasteiger partial charge in [-0.1, -0.05) is 12.2 Å². The van der Waals surface area contributed by atoms with Gasteiger partial charge in [0.05, 0.1) is 6.04 Å². The maximum atomic E-state index is 14.0. The molecule has 2 bridgehead atoms. The van der Waals surface area contributed by atoms with Crippen LogP contribution in [0, 0.1) is 18.6 Å². The van der Waals surface area contributed by atoms with E-state index in [2.05, 4.69) is 5.32 Å². The van der Waals surface area contributed by atoms with Crippen LogP contribution < -0.4 is 10.7 Å². The lowest BCUT2D eigenvalue weighted by Gasteiger charge is -2.37. The molecule has 0 radical (unpaired) electrons. The summed E-state index contributed by atoms with van der Waals surface area (Å²) in [5, 5.41) is 12.8. The Morgan fingerprint density at radius 2 is 1.94 bits per heavy atom. The van der Waals surface area contributed by atoms with Crippen LogP contribution in [0.25, 0.3) is 0 Å². The van der Waals surface area contributed by atoms with Crippen LogP contribution in [-0.4, -0.2) is 39.0 Å². The maximum Gasteiger partial charge on any atom is 0.275 e. The number of hydrogen-bond acceptors (Lipinski definition) is 4. The second kappa shape index (κ2) is 7.64. The van der Waals surface area contributed by atoms with Gasteiger partial charge in [0.2, 0.25) is 5.43 Å². The van der Waals surface area contributed by atoms with E-state index in [0.717, 1.165) is 12.1 Å². The fourth-order valence-electron chi connectivity index (χ4n) is 4.05. The lowest BCUT2D eigenvalue weighted by molar-refractivity contribution is 0.0629. The lowest BCUT2D eigenvalue weighted by Crippen LogP contribution is -2.47. The van der Waals surface area contributed by atoms with Crippen LogP contribution in [0.3, 0.4) is 0 Å². The number of nitrogens with zero attached hydrogens (tertiary/aromatic N) is 2. The zero-order valence-corrected chi connectivity index (χ0v) is 17.0. The van der Waals surface area contributed by atoms with Crippen LogP contribution in [0.4, 0.5) is 8.78 Å². The van der Waals surface area contributed by atoms with E-state index in [1.165, 1.54) is 17.7 Å². The van der Waals surface area contributed by atoms with E-state index in [1.807, 2.05) is 19.1 Å². The van der Waals surface area contributed by atoms with Gasteiger partial charge in [0.25, 0.3) is 11.8 Å². The third-order valence-electron chi connectivity index (χ3n) is 5.74. The Hall–Kier alpha value is -3.49. The minimum absolute atomic E-state index is 0.163. The van der Waals surface area contributed by atoms with Gasteiger partial charge < -0.3 is 19.9 Å². The second-order valence-corrected chi connectivity index (χ2v) is 7.88. The number of allylic oxidation sites excluding steroid dienone is 1. The number of benzene rings is 1. The molecule has 7 nitrogen and oxygen atoms in total. The third kappa shape index (κ3) is 3.49. The van der Waals surface area contributed by atoms with E-state index < -0.39 is 46.7 Å². The summed E-state index contributed by atoms with van der Waals surface area (Å²) >= 11 is 0. The number of hydrogen-bond donors (Lipinski definition) is 2. The van der Waals surface area contributed by atoms with Gasteiger partial charge in [0, 0.05) is 30.9 Å². The largest absolute Gasteiger partial charge is 0.503 e. The molecular weight excluding hydrogens is 408 g/mol. The van der Waals surface area contributed by atoms with Crippen LogP contribution >= 0.6 is 0 Å². The fourth-order valence-corrected chi connectivity index (χ4v) is 4.05. The summed E-state index contributed by atoms with van der Waals surface area (Å²) in [7, 11) is 0. The van der Waals surface area contributed by atoms with Crippen LogP contribution in [0.15, 0.2) is 35.3 Å². The number of fused-ring (bicyclic) bond motifs is 4. The lowest BCUT2D eigenvalue weighted by atomic mass is 10.1. The van der Waals surface area contributed by atoms with E-state index in [-0.39, 0.29) is 23.3 Å². The van der Waals surface area contributed by atoms with Crippen molar-refractivity contribution in [3.05, 3.63) is 74.7 Å². The van der Waals surface area contributed by atoms with Gasteiger partial charge in [-0.05, 0) is 38.0 Å². The molecule has 0 saturated carbocycles. The molecule has 0 aliphatic carbocycles. The highest BCUT2D eigenvalue weighted by Gasteiger charge is 2.37. The average Bonchev–Trinajstić information content (AvgIpc) is 2.87. The molecule has 9 heteroatoms. The molecule has 1 aromatic heterocycles. The molecule has 4 rings (SSSR count). The van der Waals surface area contributed by atoms with E-state index in [0.29, 0.717) is 18.5 Å². The van der Waals surface area contributed by atoms with E-state index >= 15 is 0 Å². The van der Waals surface area contributed by atoms with Crippen molar-refractivity contribution in [2.45, 2.75) is 38.9 Å². The smallest absolute Gasteiger partial charge is 0.275 e. The van der Waals surface area contributed by atoms with E-state index in [9.17, 15) is 28.3 Å². The zero-order valence-electron chi connectivity index (χ0n) is 17.0. The fraction of sp³-hybridized carbons (Fsp3) is 0.318. The SMILES string of the molecule is Cc1cc(F)c(CNC(=O)c2cn3c(c(O)c2=O)C(=O)N2CC3CC=CC2C)c(F)c1. The number of rotatable bonds is 3. The number of halogens is 2. The number of aryl methyl sites for hydroxylation is 1. The average molecular weight is 429 g/mol. The van der Waals surface area contributed by atoms with Crippen molar-refractivity contribution in [1.29, 1.82) is 0 Å². The summed E-state index contributed by atoms with van der Waals surface area (Å²) in [5.74, 6) is -3.84. The quantitative estimate of drug-likeness (QED) is 0.733. The summed E-state index contributed by atoms with van der Waals surface area (Å²) in [6, 6.07) is 1.83. The van der Waals surface area contributed by atoms with Crippen LogP contribution in [0.5, 0.6) is 5.75 Å². The number of nitrogens with one attached hydrogen (secondary N) is 1. The minimum atomic E-state index is -1.01. The first-order valence-corrected chi connectivity index (χ1v) is 9.87.